The highest BCUT2D eigenvalue weighted by atomic mass is 19.1. The summed E-state index contributed by atoms with van der Waals surface area (Å²) in [4.78, 5) is 13.2. The van der Waals surface area contributed by atoms with Crippen LogP contribution in [0.2, 0.25) is 0 Å². The molecule has 0 bridgehead atoms. The van der Waals surface area contributed by atoms with Crippen molar-refractivity contribution in [2.24, 2.45) is 17.3 Å². The number of alkyl halides is 1. The molecule has 3 aliphatic carbocycles. The number of hydrogen-bond acceptors (Lipinski definition) is 3. The highest BCUT2D eigenvalue weighted by Gasteiger charge is 2.84. The van der Waals surface area contributed by atoms with E-state index in [1.54, 1.807) is 4.57 Å². The van der Waals surface area contributed by atoms with Crippen LogP contribution in [-0.2, 0) is 11.3 Å². The van der Waals surface area contributed by atoms with Crippen LogP contribution in [0.5, 0.6) is 0 Å². The van der Waals surface area contributed by atoms with E-state index in [4.69, 9.17) is 4.74 Å². The summed E-state index contributed by atoms with van der Waals surface area (Å²) in [7, 11) is 0. The van der Waals surface area contributed by atoms with E-state index in [-0.39, 0.29) is 11.5 Å². The number of benzene rings is 1. The zero-order valence-corrected chi connectivity index (χ0v) is 19.4. The summed E-state index contributed by atoms with van der Waals surface area (Å²) in [6, 6.07) is 8.61. The van der Waals surface area contributed by atoms with Gasteiger partial charge in [-0.05, 0) is 81.9 Å². The maximum Gasteiger partial charge on any atom is 0.419 e. The molecule has 3 fully saturated rings. The van der Waals surface area contributed by atoms with Crippen molar-refractivity contribution < 1.29 is 13.9 Å². The standard InChI is InChI=1S/C26H35FN2O2/c1-16-8-20(9-17(16)2)18-6-7-19-10-21(12-28-15-25-13-26(25,27)14-25)29(22(19)11-18)23(30)31-24(3,4)5/h6-7,10-11,16-17,20,28H,8-9,12-15H2,1-5H3. The first-order valence-corrected chi connectivity index (χ1v) is 11.8. The molecule has 1 aromatic carbocycles. The Morgan fingerprint density at radius 3 is 2.42 bits per heavy atom. The molecule has 2 aromatic rings. The highest BCUT2D eigenvalue weighted by Crippen LogP contribution is 2.80. The number of halogens is 1. The maximum atomic E-state index is 13.9. The summed E-state index contributed by atoms with van der Waals surface area (Å²) in [5, 5.41) is 4.45. The first-order chi connectivity index (χ1) is 14.5. The lowest BCUT2D eigenvalue weighted by Crippen LogP contribution is -2.29. The molecule has 3 saturated carbocycles. The van der Waals surface area contributed by atoms with E-state index in [1.807, 2.05) is 20.8 Å². The Kier molecular flexibility index (Phi) is 4.61. The van der Waals surface area contributed by atoms with Crippen molar-refractivity contribution in [3.63, 3.8) is 0 Å². The van der Waals surface area contributed by atoms with Gasteiger partial charge in [-0.2, -0.15) is 0 Å². The third kappa shape index (κ3) is 3.69. The Hall–Kier alpha value is -1.88. The first kappa shape index (κ1) is 21.0. The first-order valence-electron chi connectivity index (χ1n) is 11.8. The third-order valence-corrected chi connectivity index (χ3v) is 7.94. The Balaban J connectivity index is 1.44. The van der Waals surface area contributed by atoms with Crippen molar-refractivity contribution in [3.8, 4) is 0 Å². The Labute approximate surface area is 184 Å². The number of rotatable bonds is 5. The number of hydrogen-bond donors (Lipinski definition) is 1. The molecule has 168 valence electrons. The van der Waals surface area contributed by atoms with Crippen molar-refractivity contribution in [1.29, 1.82) is 0 Å². The van der Waals surface area contributed by atoms with Gasteiger partial charge in [0.25, 0.3) is 0 Å². The second-order valence-electron chi connectivity index (χ2n) is 11.6. The van der Waals surface area contributed by atoms with Crippen molar-refractivity contribution in [3.05, 3.63) is 35.5 Å². The van der Waals surface area contributed by atoms with Gasteiger partial charge in [0, 0.05) is 29.6 Å². The molecular weight excluding hydrogens is 391 g/mol. The van der Waals surface area contributed by atoms with Gasteiger partial charge >= 0.3 is 6.09 Å². The van der Waals surface area contributed by atoms with Gasteiger partial charge < -0.3 is 10.1 Å². The van der Waals surface area contributed by atoms with E-state index in [1.165, 1.54) is 18.4 Å². The van der Waals surface area contributed by atoms with Gasteiger partial charge in [-0.3, -0.25) is 0 Å². The maximum absolute atomic E-state index is 13.9. The summed E-state index contributed by atoms with van der Waals surface area (Å²) in [6.07, 6.45) is 3.41. The average molecular weight is 427 g/mol. The van der Waals surface area contributed by atoms with Crippen LogP contribution >= 0.6 is 0 Å². The van der Waals surface area contributed by atoms with Crippen molar-refractivity contribution in [2.45, 2.75) is 84.0 Å². The predicted molar refractivity (Wildman–Crippen MR) is 121 cm³/mol. The number of nitrogens with one attached hydrogen (secondary N) is 1. The number of fused-ring (bicyclic) bond motifs is 2. The van der Waals surface area contributed by atoms with E-state index >= 15 is 0 Å². The van der Waals surface area contributed by atoms with Crippen LogP contribution in [0.25, 0.3) is 10.9 Å². The van der Waals surface area contributed by atoms with E-state index in [2.05, 4.69) is 43.4 Å². The molecule has 1 heterocycles. The number of nitrogens with zero attached hydrogens (tertiary/aromatic N) is 1. The number of carbonyl (C=O) groups excluding carboxylic acids is 1. The lowest BCUT2D eigenvalue weighted by atomic mass is 9.95. The zero-order chi connectivity index (χ0) is 22.2. The van der Waals surface area contributed by atoms with Crippen LogP contribution in [0.1, 0.15) is 77.5 Å². The minimum Gasteiger partial charge on any atom is -0.443 e. The van der Waals surface area contributed by atoms with Gasteiger partial charge in [0.2, 0.25) is 0 Å². The molecule has 0 amide bonds. The van der Waals surface area contributed by atoms with Crippen molar-refractivity contribution in [1.82, 2.24) is 9.88 Å². The van der Waals surface area contributed by atoms with Crippen LogP contribution in [0.15, 0.2) is 24.3 Å². The average Bonchev–Trinajstić information content (AvgIpc) is 3.24. The molecule has 0 saturated heterocycles. The Morgan fingerprint density at radius 2 is 1.84 bits per heavy atom. The Bertz CT molecular complexity index is 1020. The predicted octanol–water partition coefficient (Wildman–Crippen LogP) is 6.17. The topological polar surface area (TPSA) is 43.3 Å². The van der Waals surface area contributed by atoms with Crippen molar-refractivity contribution >= 4 is 17.0 Å². The fraction of sp³-hybridized carbons (Fsp3) is 0.654. The second kappa shape index (κ2) is 6.81. The quantitative estimate of drug-likeness (QED) is 0.622. The van der Waals surface area contributed by atoms with Crippen LogP contribution in [0, 0.1) is 17.3 Å². The largest absolute Gasteiger partial charge is 0.443 e. The second-order valence-corrected chi connectivity index (χ2v) is 11.6. The molecular formula is C26H35FN2O2. The monoisotopic (exact) mass is 426 g/mol. The Morgan fingerprint density at radius 1 is 1.19 bits per heavy atom. The lowest BCUT2D eigenvalue weighted by molar-refractivity contribution is 0.0540. The summed E-state index contributed by atoms with van der Waals surface area (Å²) in [5.74, 6) is 1.99. The molecule has 1 N–H and O–H groups in total. The smallest absolute Gasteiger partial charge is 0.419 e. The molecule has 31 heavy (non-hydrogen) atoms. The van der Waals surface area contributed by atoms with Gasteiger partial charge in [-0.25, -0.2) is 13.8 Å². The summed E-state index contributed by atoms with van der Waals surface area (Å²) < 4.78 is 21.4. The van der Waals surface area contributed by atoms with Gasteiger partial charge in [-0.15, -0.1) is 0 Å². The van der Waals surface area contributed by atoms with E-state index in [9.17, 15) is 9.18 Å². The summed E-state index contributed by atoms with van der Waals surface area (Å²) in [6.45, 7) is 11.5. The lowest BCUT2D eigenvalue weighted by Gasteiger charge is -2.21. The molecule has 3 aliphatic rings. The zero-order valence-electron chi connectivity index (χ0n) is 19.4. The van der Waals surface area contributed by atoms with Gasteiger partial charge in [0.05, 0.1) is 5.52 Å². The SMILES string of the molecule is CC1CC(c2ccc3cc(CNCC45CC4(F)C5)n(C(=O)OC(C)(C)C)c3c2)CC1C. The molecule has 5 rings (SSSR count). The highest BCUT2D eigenvalue weighted by molar-refractivity contribution is 5.91. The van der Waals surface area contributed by atoms with Gasteiger partial charge in [0.1, 0.15) is 11.3 Å². The van der Waals surface area contributed by atoms with Gasteiger partial charge in [-0.1, -0.05) is 26.0 Å². The van der Waals surface area contributed by atoms with Crippen LogP contribution in [0.3, 0.4) is 0 Å². The third-order valence-electron chi connectivity index (χ3n) is 7.94. The molecule has 0 radical (unpaired) electrons. The van der Waals surface area contributed by atoms with E-state index < -0.39 is 11.3 Å². The normalized spacial score (nSPS) is 34.1. The van der Waals surface area contributed by atoms with Crippen molar-refractivity contribution in [2.75, 3.05) is 6.54 Å². The number of aromatic nitrogens is 1. The fourth-order valence-electron chi connectivity index (χ4n) is 5.56. The molecule has 5 heteroatoms. The minimum atomic E-state index is -0.900. The molecule has 2 unspecified atom stereocenters. The van der Waals surface area contributed by atoms with Crippen LogP contribution in [-0.4, -0.2) is 28.5 Å². The van der Waals surface area contributed by atoms with Crippen LogP contribution in [0.4, 0.5) is 9.18 Å². The summed E-state index contributed by atoms with van der Waals surface area (Å²) >= 11 is 0. The molecule has 1 aromatic heterocycles. The molecule has 0 spiro atoms. The molecule has 0 aliphatic heterocycles. The number of ether oxygens (including phenoxy) is 1. The van der Waals surface area contributed by atoms with E-state index in [0.717, 1.165) is 28.4 Å². The fourth-order valence-corrected chi connectivity index (χ4v) is 5.56. The van der Waals surface area contributed by atoms with E-state index in [0.29, 0.717) is 31.8 Å². The molecule has 4 nitrogen and oxygen atoms in total. The van der Waals surface area contributed by atoms with Crippen LogP contribution < -0.4 is 5.32 Å². The summed E-state index contributed by atoms with van der Waals surface area (Å²) in [5.41, 5.74) is 1.49. The minimum absolute atomic E-state index is 0.126. The van der Waals surface area contributed by atoms with Gasteiger partial charge in [0.15, 0.2) is 0 Å². The number of carbonyl (C=O) groups is 1. The molecule has 2 atom stereocenters.